The Morgan fingerprint density at radius 3 is 2.16 bits per heavy atom. The zero-order chi connectivity index (χ0) is 22.6. The summed E-state index contributed by atoms with van der Waals surface area (Å²) in [5, 5.41) is 0.834. The fourth-order valence-electron chi connectivity index (χ4n) is 3.68. The molecule has 0 aromatic heterocycles. The Morgan fingerprint density at radius 2 is 1.58 bits per heavy atom. The number of hydrogen-bond donors (Lipinski definition) is 0. The zero-order valence-corrected chi connectivity index (χ0v) is 20.1. The Kier molecular flexibility index (Phi) is 7.99. The lowest BCUT2D eigenvalue weighted by atomic mass is 10.1. The molecule has 6 nitrogen and oxygen atoms in total. The average Bonchev–Trinajstić information content (AvgIpc) is 2.76. The molecule has 3 rings (SSSR count). The van der Waals surface area contributed by atoms with Crippen LogP contribution in [0.4, 0.5) is 0 Å². The normalized spacial score (nSPS) is 15.5. The number of carbonyl (C=O) groups is 1. The van der Waals surface area contributed by atoms with Crippen LogP contribution in [0.5, 0.6) is 0 Å². The van der Waals surface area contributed by atoms with Gasteiger partial charge in [0.05, 0.1) is 5.02 Å². The third kappa shape index (κ3) is 5.59. The molecule has 0 bridgehead atoms. The van der Waals surface area contributed by atoms with Crippen molar-refractivity contribution in [3.63, 3.8) is 0 Å². The smallest absolute Gasteiger partial charge is 0.253 e. The Morgan fingerprint density at radius 1 is 0.968 bits per heavy atom. The van der Waals surface area contributed by atoms with Gasteiger partial charge in [0.2, 0.25) is 10.0 Å². The average molecular weight is 484 g/mol. The number of piperazine rings is 1. The second-order valence-corrected chi connectivity index (χ2v) is 10.2. The first-order valence-electron chi connectivity index (χ1n) is 10.3. The summed E-state index contributed by atoms with van der Waals surface area (Å²) in [4.78, 5) is 17.1. The van der Waals surface area contributed by atoms with Crippen LogP contribution < -0.4 is 0 Å². The molecule has 31 heavy (non-hydrogen) atoms. The molecule has 0 radical (unpaired) electrons. The zero-order valence-electron chi connectivity index (χ0n) is 17.7. The minimum atomic E-state index is -3.75. The Bertz CT molecular complexity index is 1020. The highest BCUT2D eigenvalue weighted by Gasteiger charge is 2.27. The van der Waals surface area contributed by atoms with Crippen molar-refractivity contribution in [1.82, 2.24) is 14.1 Å². The van der Waals surface area contributed by atoms with Gasteiger partial charge in [-0.2, -0.15) is 4.31 Å². The van der Waals surface area contributed by atoms with E-state index in [9.17, 15) is 13.2 Å². The largest absolute Gasteiger partial charge is 0.336 e. The molecule has 0 spiro atoms. The summed E-state index contributed by atoms with van der Waals surface area (Å²) in [6.45, 7) is 7.65. The van der Waals surface area contributed by atoms with Gasteiger partial charge in [-0.3, -0.25) is 9.69 Å². The van der Waals surface area contributed by atoms with Crippen LogP contribution in [0.3, 0.4) is 0 Å². The Hall–Kier alpha value is -1.64. The van der Waals surface area contributed by atoms with Crippen molar-refractivity contribution in [2.75, 3.05) is 39.3 Å². The SMILES string of the molecule is CCN(CC)S(=O)(=O)c1cc(C(=O)N2CCN(Cc3ccc(Cl)cc3)CC2)ccc1Cl. The molecular formula is C22H27Cl2N3O3S. The number of rotatable bonds is 7. The first-order valence-corrected chi connectivity index (χ1v) is 12.5. The van der Waals surface area contributed by atoms with Gasteiger partial charge < -0.3 is 4.90 Å². The number of nitrogens with zero attached hydrogens (tertiary/aromatic N) is 3. The van der Waals surface area contributed by atoms with Gasteiger partial charge in [-0.1, -0.05) is 49.2 Å². The molecule has 0 atom stereocenters. The second kappa shape index (κ2) is 10.3. The maximum Gasteiger partial charge on any atom is 0.253 e. The van der Waals surface area contributed by atoms with Crippen molar-refractivity contribution in [1.29, 1.82) is 0 Å². The standard InChI is InChI=1S/C22H27Cl2N3O3S/c1-3-27(4-2)31(29,30)21-15-18(7-10-20(21)24)22(28)26-13-11-25(12-14-26)16-17-5-8-19(23)9-6-17/h5-10,15H,3-4,11-14,16H2,1-2H3. The van der Waals surface area contributed by atoms with E-state index in [0.717, 1.165) is 19.6 Å². The molecule has 1 amide bonds. The predicted molar refractivity (Wildman–Crippen MR) is 124 cm³/mol. The lowest BCUT2D eigenvalue weighted by Gasteiger charge is -2.35. The van der Waals surface area contributed by atoms with Crippen molar-refractivity contribution in [3.05, 3.63) is 63.6 Å². The van der Waals surface area contributed by atoms with Crippen LogP contribution >= 0.6 is 23.2 Å². The van der Waals surface area contributed by atoms with Gasteiger partial charge in [-0.15, -0.1) is 0 Å². The van der Waals surface area contributed by atoms with Crippen molar-refractivity contribution in [2.45, 2.75) is 25.3 Å². The molecule has 2 aromatic carbocycles. The van der Waals surface area contributed by atoms with E-state index in [1.807, 2.05) is 24.3 Å². The maximum atomic E-state index is 13.0. The summed E-state index contributed by atoms with van der Waals surface area (Å²) in [7, 11) is -3.75. The second-order valence-electron chi connectivity index (χ2n) is 7.43. The Labute approximate surface area is 194 Å². The number of carbonyl (C=O) groups excluding carboxylic acids is 1. The molecular weight excluding hydrogens is 457 g/mol. The highest BCUT2D eigenvalue weighted by molar-refractivity contribution is 7.89. The number of amides is 1. The maximum absolute atomic E-state index is 13.0. The molecule has 1 saturated heterocycles. The molecule has 1 fully saturated rings. The van der Waals surface area contributed by atoms with Crippen LogP contribution in [0.1, 0.15) is 29.8 Å². The van der Waals surface area contributed by atoms with Crippen molar-refractivity contribution < 1.29 is 13.2 Å². The molecule has 1 heterocycles. The number of halogens is 2. The fourth-order valence-corrected chi connectivity index (χ4v) is 5.76. The van der Waals surface area contributed by atoms with Gasteiger partial charge >= 0.3 is 0 Å². The molecule has 1 aliphatic heterocycles. The minimum Gasteiger partial charge on any atom is -0.336 e. The van der Waals surface area contributed by atoms with Gasteiger partial charge in [-0.25, -0.2) is 8.42 Å². The lowest BCUT2D eigenvalue weighted by molar-refractivity contribution is 0.0628. The van der Waals surface area contributed by atoms with E-state index in [4.69, 9.17) is 23.2 Å². The van der Waals surface area contributed by atoms with Crippen molar-refractivity contribution >= 4 is 39.1 Å². The first-order chi connectivity index (χ1) is 14.8. The molecule has 0 N–H and O–H groups in total. The summed E-state index contributed by atoms with van der Waals surface area (Å²) < 4.78 is 27.1. The molecule has 0 unspecified atom stereocenters. The summed E-state index contributed by atoms with van der Waals surface area (Å²) in [5.41, 5.74) is 1.51. The van der Waals surface area contributed by atoms with Gasteiger partial charge in [0.15, 0.2) is 0 Å². The first kappa shape index (κ1) is 24.0. The van der Waals surface area contributed by atoms with E-state index in [0.29, 0.717) is 36.8 Å². The van der Waals surface area contributed by atoms with Crippen LogP contribution in [-0.4, -0.2) is 67.7 Å². The highest BCUT2D eigenvalue weighted by atomic mass is 35.5. The summed E-state index contributed by atoms with van der Waals surface area (Å²) in [6, 6.07) is 12.2. The summed E-state index contributed by atoms with van der Waals surface area (Å²) in [5.74, 6) is -0.182. The van der Waals surface area contributed by atoms with Gasteiger partial charge in [0.1, 0.15) is 4.90 Å². The van der Waals surface area contributed by atoms with Crippen LogP contribution in [0.25, 0.3) is 0 Å². The van der Waals surface area contributed by atoms with Crippen LogP contribution in [0.15, 0.2) is 47.4 Å². The summed E-state index contributed by atoms with van der Waals surface area (Å²) >= 11 is 12.1. The van der Waals surface area contributed by atoms with E-state index < -0.39 is 10.0 Å². The predicted octanol–water partition coefficient (Wildman–Crippen LogP) is 3.98. The number of sulfonamides is 1. The number of hydrogen-bond acceptors (Lipinski definition) is 4. The quantitative estimate of drug-likeness (QED) is 0.597. The third-order valence-electron chi connectivity index (χ3n) is 5.48. The van der Waals surface area contributed by atoms with E-state index in [1.54, 1.807) is 24.8 Å². The molecule has 1 aliphatic rings. The van der Waals surface area contributed by atoms with Gasteiger partial charge in [-0.05, 0) is 35.9 Å². The van der Waals surface area contributed by atoms with Crippen LogP contribution in [0, 0.1) is 0 Å². The Balaban J connectivity index is 1.69. The molecule has 168 valence electrons. The fraction of sp³-hybridized carbons (Fsp3) is 0.409. The molecule has 2 aromatic rings. The number of benzene rings is 2. The van der Waals surface area contributed by atoms with E-state index in [1.165, 1.54) is 22.0 Å². The van der Waals surface area contributed by atoms with Crippen molar-refractivity contribution in [2.24, 2.45) is 0 Å². The van der Waals surface area contributed by atoms with Gasteiger partial charge in [0, 0.05) is 56.4 Å². The highest BCUT2D eigenvalue weighted by Crippen LogP contribution is 2.26. The minimum absolute atomic E-state index is 0.0231. The van der Waals surface area contributed by atoms with E-state index in [-0.39, 0.29) is 15.8 Å². The van der Waals surface area contributed by atoms with Crippen LogP contribution in [-0.2, 0) is 16.6 Å². The van der Waals surface area contributed by atoms with Crippen LogP contribution in [0.2, 0.25) is 10.0 Å². The molecule has 0 saturated carbocycles. The third-order valence-corrected chi connectivity index (χ3v) is 8.26. The summed E-state index contributed by atoms with van der Waals surface area (Å²) in [6.07, 6.45) is 0. The van der Waals surface area contributed by atoms with Gasteiger partial charge in [0.25, 0.3) is 5.91 Å². The molecule has 0 aliphatic carbocycles. The monoisotopic (exact) mass is 483 g/mol. The van der Waals surface area contributed by atoms with E-state index >= 15 is 0 Å². The topological polar surface area (TPSA) is 60.9 Å². The molecule has 9 heteroatoms. The lowest BCUT2D eigenvalue weighted by Crippen LogP contribution is -2.48. The van der Waals surface area contributed by atoms with Crippen molar-refractivity contribution in [3.8, 4) is 0 Å². The van der Waals surface area contributed by atoms with E-state index in [2.05, 4.69) is 4.90 Å².